The van der Waals surface area contributed by atoms with Crippen LogP contribution in [-0.4, -0.2) is 56.8 Å². The van der Waals surface area contributed by atoms with Crippen molar-refractivity contribution in [2.24, 2.45) is 5.10 Å². The molecule has 10 nitrogen and oxygen atoms in total. The van der Waals surface area contributed by atoms with Gasteiger partial charge in [0.2, 0.25) is 10.0 Å². The van der Waals surface area contributed by atoms with Gasteiger partial charge in [0.1, 0.15) is 11.4 Å². The van der Waals surface area contributed by atoms with Crippen LogP contribution in [-0.2, 0) is 14.8 Å². The summed E-state index contributed by atoms with van der Waals surface area (Å²) in [5.74, 6) is 0.631. The van der Waals surface area contributed by atoms with E-state index >= 15 is 0 Å². The summed E-state index contributed by atoms with van der Waals surface area (Å²) < 4.78 is 37.4. The maximum atomic E-state index is 12.8. The van der Waals surface area contributed by atoms with Gasteiger partial charge in [0, 0.05) is 24.7 Å². The molecule has 160 valence electrons. The fourth-order valence-electron chi connectivity index (χ4n) is 2.90. The van der Waals surface area contributed by atoms with E-state index in [0.29, 0.717) is 31.1 Å². The van der Waals surface area contributed by atoms with Gasteiger partial charge >= 0.3 is 0 Å². The molecule has 1 heterocycles. The van der Waals surface area contributed by atoms with Gasteiger partial charge in [0.05, 0.1) is 35.9 Å². The first-order valence-corrected chi connectivity index (χ1v) is 10.7. The Morgan fingerprint density at radius 2 is 2.00 bits per heavy atom. The molecule has 1 aliphatic heterocycles. The molecule has 30 heavy (non-hydrogen) atoms. The van der Waals surface area contributed by atoms with E-state index in [-0.39, 0.29) is 29.4 Å². The van der Waals surface area contributed by atoms with Crippen molar-refractivity contribution in [3.63, 3.8) is 0 Å². The minimum atomic E-state index is -3.84. The van der Waals surface area contributed by atoms with Crippen molar-refractivity contribution in [1.29, 1.82) is 0 Å². The first-order valence-electron chi connectivity index (χ1n) is 9.30. The van der Waals surface area contributed by atoms with Gasteiger partial charge < -0.3 is 9.47 Å². The first kappa shape index (κ1) is 21.7. The van der Waals surface area contributed by atoms with Crippen LogP contribution in [0.25, 0.3) is 0 Å². The summed E-state index contributed by atoms with van der Waals surface area (Å²) in [5, 5.41) is 15.6. The van der Waals surface area contributed by atoms with Gasteiger partial charge in [0.15, 0.2) is 0 Å². The highest BCUT2D eigenvalue weighted by molar-refractivity contribution is 7.89. The number of nitrogens with one attached hydrogen (secondary N) is 1. The number of anilines is 1. The number of nitro groups is 1. The molecule has 0 saturated carbocycles. The summed E-state index contributed by atoms with van der Waals surface area (Å²) >= 11 is 0. The smallest absolute Gasteiger partial charge is 0.295 e. The zero-order chi connectivity index (χ0) is 21.6. The number of hydrogen-bond acceptors (Lipinski definition) is 8. The fraction of sp³-hybridized carbons (Fsp3) is 0.316. The van der Waals surface area contributed by atoms with Gasteiger partial charge in [-0.25, -0.2) is 8.42 Å². The van der Waals surface area contributed by atoms with E-state index < -0.39 is 14.9 Å². The molecule has 11 heteroatoms. The number of hydrazone groups is 1. The Balaban J connectivity index is 1.83. The Labute approximate surface area is 174 Å². The van der Waals surface area contributed by atoms with Crippen LogP contribution in [0.1, 0.15) is 12.5 Å². The van der Waals surface area contributed by atoms with Crippen molar-refractivity contribution in [3.05, 3.63) is 58.1 Å². The Kier molecular flexibility index (Phi) is 6.98. The molecule has 3 rings (SSSR count). The summed E-state index contributed by atoms with van der Waals surface area (Å²) in [5.41, 5.74) is 3.00. The van der Waals surface area contributed by atoms with Crippen LogP contribution in [0.2, 0.25) is 0 Å². The number of nitro benzene ring substituents is 1. The molecule has 0 spiro atoms. The van der Waals surface area contributed by atoms with E-state index in [9.17, 15) is 18.5 Å². The molecule has 0 bridgehead atoms. The molecule has 0 aromatic heterocycles. The predicted molar refractivity (Wildman–Crippen MR) is 112 cm³/mol. The molecule has 2 aromatic carbocycles. The highest BCUT2D eigenvalue weighted by Gasteiger charge is 2.28. The number of benzene rings is 2. The van der Waals surface area contributed by atoms with Gasteiger partial charge in [-0.05, 0) is 31.2 Å². The third kappa shape index (κ3) is 4.93. The Bertz CT molecular complexity index is 1040. The van der Waals surface area contributed by atoms with Gasteiger partial charge in [-0.15, -0.1) is 0 Å². The lowest BCUT2D eigenvalue weighted by atomic mass is 10.2. The molecule has 1 N–H and O–H groups in total. The lowest BCUT2D eigenvalue weighted by Gasteiger charge is -2.26. The fourth-order valence-corrected chi connectivity index (χ4v) is 4.33. The van der Waals surface area contributed by atoms with E-state index in [1.54, 1.807) is 12.1 Å². The molecule has 1 aliphatic rings. The van der Waals surface area contributed by atoms with Crippen molar-refractivity contribution >= 4 is 27.6 Å². The third-order valence-corrected chi connectivity index (χ3v) is 6.28. The minimum absolute atomic E-state index is 0.0751. The van der Waals surface area contributed by atoms with Crippen LogP contribution >= 0.6 is 0 Å². The Morgan fingerprint density at radius 3 is 2.70 bits per heavy atom. The van der Waals surface area contributed by atoms with Crippen LogP contribution in [0.3, 0.4) is 0 Å². The van der Waals surface area contributed by atoms with E-state index in [1.807, 2.05) is 19.1 Å². The third-order valence-electron chi connectivity index (χ3n) is 4.38. The van der Waals surface area contributed by atoms with Crippen LogP contribution in [0.15, 0.2) is 52.5 Å². The molecule has 1 saturated heterocycles. The van der Waals surface area contributed by atoms with E-state index in [0.717, 1.165) is 6.07 Å². The van der Waals surface area contributed by atoms with Crippen molar-refractivity contribution in [3.8, 4) is 5.75 Å². The largest absolute Gasteiger partial charge is 0.493 e. The highest BCUT2D eigenvalue weighted by Crippen LogP contribution is 2.29. The van der Waals surface area contributed by atoms with Crippen LogP contribution in [0, 0.1) is 10.1 Å². The normalized spacial score (nSPS) is 15.2. The van der Waals surface area contributed by atoms with Crippen LogP contribution in [0.5, 0.6) is 5.75 Å². The van der Waals surface area contributed by atoms with E-state index in [2.05, 4.69) is 10.5 Å². The van der Waals surface area contributed by atoms with Gasteiger partial charge in [-0.2, -0.15) is 9.41 Å². The molecule has 0 radical (unpaired) electrons. The molecule has 0 amide bonds. The summed E-state index contributed by atoms with van der Waals surface area (Å²) in [4.78, 5) is 10.7. The number of nitrogens with zero attached hydrogens (tertiary/aromatic N) is 3. The number of ether oxygens (including phenoxy) is 2. The van der Waals surface area contributed by atoms with Crippen LogP contribution < -0.4 is 10.2 Å². The number of rotatable bonds is 8. The summed E-state index contributed by atoms with van der Waals surface area (Å²) in [6.45, 7) is 3.35. The minimum Gasteiger partial charge on any atom is -0.493 e. The highest BCUT2D eigenvalue weighted by atomic mass is 32.2. The van der Waals surface area contributed by atoms with Crippen molar-refractivity contribution in [1.82, 2.24) is 4.31 Å². The molecule has 0 aliphatic carbocycles. The Morgan fingerprint density at radius 1 is 1.27 bits per heavy atom. The summed E-state index contributed by atoms with van der Waals surface area (Å²) in [6.07, 6.45) is 1.48. The summed E-state index contributed by atoms with van der Waals surface area (Å²) in [7, 11) is -3.84. The molecule has 2 aromatic rings. The van der Waals surface area contributed by atoms with Gasteiger partial charge in [-0.3, -0.25) is 15.5 Å². The standard InChI is InChI=1S/C19H22N4O6S/c1-2-29-19-6-4-3-5-15(19)14-20-21-17-8-7-16(13-18(17)23(24)25)30(26,27)22-9-11-28-12-10-22/h3-8,13-14,21H,2,9-12H2,1H3/b20-14+. The lowest BCUT2D eigenvalue weighted by molar-refractivity contribution is -0.384. The molecule has 0 unspecified atom stereocenters. The lowest BCUT2D eigenvalue weighted by Crippen LogP contribution is -2.40. The maximum absolute atomic E-state index is 12.8. The SMILES string of the molecule is CCOc1ccccc1/C=N/Nc1ccc(S(=O)(=O)N2CCOCC2)cc1[N+](=O)[O-]. The second kappa shape index (κ2) is 9.65. The number of sulfonamides is 1. The topological polar surface area (TPSA) is 123 Å². The second-order valence-electron chi connectivity index (χ2n) is 6.29. The monoisotopic (exact) mass is 434 g/mol. The first-order chi connectivity index (χ1) is 14.4. The number of hydrogen-bond donors (Lipinski definition) is 1. The average Bonchev–Trinajstić information content (AvgIpc) is 2.75. The number of para-hydroxylation sites is 1. The van der Waals surface area contributed by atoms with Crippen molar-refractivity contribution in [2.45, 2.75) is 11.8 Å². The predicted octanol–water partition coefficient (Wildman–Crippen LogP) is 2.46. The van der Waals surface area contributed by atoms with E-state index in [1.165, 1.54) is 22.7 Å². The molecule has 0 atom stereocenters. The van der Waals surface area contributed by atoms with Crippen molar-refractivity contribution < 1.29 is 22.8 Å². The Hall–Kier alpha value is -3.02. The van der Waals surface area contributed by atoms with Crippen LogP contribution in [0.4, 0.5) is 11.4 Å². The molecule has 1 fully saturated rings. The van der Waals surface area contributed by atoms with Gasteiger partial charge in [-0.1, -0.05) is 12.1 Å². The average molecular weight is 434 g/mol. The summed E-state index contributed by atoms with van der Waals surface area (Å²) in [6, 6.07) is 10.9. The quantitative estimate of drug-likeness (QED) is 0.384. The number of morpholine rings is 1. The van der Waals surface area contributed by atoms with Gasteiger partial charge in [0.25, 0.3) is 5.69 Å². The zero-order valence-corrected chi connectivity index (χ0v) is 17.2. The molecular formula is C19H22N4O6S. The zero-order valence-electron chi connectivity index (χ0n) is 16.4. The van der Waals surface area contributed by atoms with E-state index in [4.69, 9.17) is 9.47 Å². The molecular weight excluding hydrogens is 412 g/mol. The van der Waals surface area contributed by atoms with Crippen molar-refractivity contribution in [2.75, 3.05) is 38.3 Å². The maximum Gasteiger partial charge on any atom is 0.295 e. The second-order valence-corrected chi connectivity index (χ2v) is 8.23.